The zero-order valence-electron chi connectivity index (χ0n) is 12.5. The molecular weight excluding hydrogens is 278 g/mol. The van der Waals surface area contributed by atoms with Crippen molar-refractivity contribution in [2.24, 2.45) is 17.8 Å². The third-order valence-corrected chi connectivity index (χ3v) is 5.04. The van der Waals surface area contributed by atoms with E-state index in [1.165, 1.54) is 6.42 Å². The van der Waals surface area contributed by atoms with Crippen LogP contribution in [-0.4, -0.2) is 30.3 Å². The van der Waals surface area contributed by atoms with Gasteiger partial charge >= 0.3 is 0 Å². The van der Waals surface area contributed by atoms with Crippen LogP contribution in [0.5, 0.6) is 5.75 Å². The molecule has 0 aliphatic heterocycles. The quantitative estimate of drug-likeness (QED) is 0.816. The lowest BCUT2D eigenvalue weighted by atomic mass is 9.85. The first-order valence-corrected chi connectivity index (χ1v) is 7.81. The van der Waals surface area contributed by atoms with Gasteiger partial charge in [0.05, 0.1) is 0 Å². The van der Waals surface area contributed by atoms with Crippen LogP contribution in [0.1, 0.15) is 29.6 Å². The number of carbonyl (C=O) groups excluding carboxylic acids is 1. The van der Waals surface area contributed by atoms with Gasteiger partial charge in [-0.3, -0.25) is 4.79 Å². The lowest BCUT2D eigenvalue weighted by molar-refractivity contribution is 0.0861. The molecule has 1 amide bonds. The summed E-state index contributed by atoms with van der Waals surface area (Å²) in [6, 6.07) is 7.08. The summed E-state index contributed by atoms with van der Waals surface area (Å²) in [6.45, 7) is 0.375. The van der Waals surface area contributed by atoms with Crippen molar-refractivity contribution in [3.63, 3.8) is 0 Å². The van der Waals surface area contributed by atoms with Crippen LogP contribution in [0.4, 0.5) is 0 Å². The lowest BCUT2D eigenvalue weighted by Crippen LogP contribution is -2.45. The zero-order valence-corrected chi connectivity index (χ0v) is 12.5. The average Bonchev–Trinajstić information content (AvgIpc) is 3.14. The van der Waals surface area contributed by atoms with E-state index in [1.54, 1.807) is 24.3 Å². The van der Waals surface area contributed by atoms with E-state index in [9.17, 15) is 9.90 Å². The van der Waals surface area contributed by atoms with Gasteiger partial charge in [-0.05, 0) is 55.4 Å². The van der Waals surface area contributed by atoms with Gasteiger partial charge < -0.3 is 15.2 Å². The van der Waals surface area contributed by atoms with Gasteiger partial charge in [-0.15, -0.1) is 6.42 Å². The van der Waals surface area contributed by atoms with Crippen LogP contribution in [0, 0.1) is 30.1 Å². The van der Waals surface area contributed by atoms with Crippen LogP contribution >= 0.6 is 0 Å². The minimum absolute atomic E-state index is 0.0838. The number of benzene rings is 1. The number of carbonyl (C=O) groups is 1. The van der Waals surface area contributed by atoms with Gasteiger partial charge in [0.2, 0.25) is 0 Å². The predicted molar refractivity (Wildman–Crippen MR) is 83.4 cm³/mol. The number of terminal acetylenes is 1. The molecule has 2 bridgehead atoms. The van der Waals surface area contributed by atoms with E-state index in [4.69, 9.17) is 11.2 Å². The summed E-state index contributed by atoms with van der Waals surface area (Å²) in [5.74, 6) is 4.27. The Morgan fingerprint density at radius 3 is 2.73 bits per heavy atom. The molecule has 0 saturated heterocycles. The fourth-order valence-electron chi connectivity index (χ4n) is 3.96. The number of hydrogen-bond acceptors (Lipinski definition) is 3. The fourth-order valence-corrected chi connectivity index (χ4v) is 3.96. The van der Waals surface area contributed by atoms with Crippen molar-refractivity contribution < 1.29 is 14.6 Å². The molecule has 3 rings (SSSR count). The lowest BCUT2D eigenvalue weighted by Gasteiger charge is -2.30. The summed E-state index contributed by atoms with van der Waals surface area (Å²) < 4.78 is 5.30. The second-order valence-electron chi connectivity index (χ2n) is 6.20. The van der Waals surface area contributed by atoms with Crippen LogP contribution in [0.15, 0.2) is 24.3 Å². The first-order chi connectivity index (χ1) is 10.7. The molecule has 0 aromatic heterocycles. The molecule has 4 unspecified atom stereocenters. The van der Waals surface area contributed by atoms with E-state index in [1.807, 2.05) is 0 Å². The van der Waals surface area contributed by atoms with E-state index < -0.39 is 0 Å². The Balaban J connectivity index is 1.63. The predicted octanol–water partition coefficient (Wildman–Crippen LogP) is 1.84. The Bertz CT molecular complexity index is 575. The third kappa shape index (κ3) is 2.82. The Kier molecular flexibility index (Phi) is 4.35. The Morgan fingerprint density at radius 2 is 2.05 bits per heavy atom. The second kappa shape index (κ2) is 6.41. The largest absolute Gasteiger partial charge is 0.481 e. The van der Waals surface area contributed by atoms with E-state index >= 15 is 0 Å². The number of amides is 1. The van der Waals surface area contributed by atoms with E-state index in [0.29, 0.717) is 23.1 Å². The monoisotopic (exact) mass is 299 g/mol. The highest BCUT2D eigenvalue weighted by atomic mass is 16.5. The van der Waals surface area contributed by atoms with Crippen molar-refractivity contribution >= 4 is 5.91 Å². The van der Waals surface area contributed by atoms with Crippen LogP contribution in [0.3, 0.4) is 0 Å². The highest BCUT2D eigenvalue weighted by molar-refractivity contribution is 5.94. The molecule has 2 fully saturated rings. The maximum absolute atomic E-state index is 12.4. The van der Waals surface area contributed by atoms with Gasteiger partial charge in [0.1, 0.15) is 12.4 Å². The maximum atomic E-state index is 12.4. The van der Waals surface area contributed by atoms with E-state index in [2.05, 4.69) is 11.2 Å². The summed E-state index contributed by atoms with van der Waals surface area (Å²) in [5.41, 5.74) is 0.604. The van der Waals surface area contributed by atoms with Crippen molar-refractivity contribution in [3.8, 4) is 18.1 Å². The summed E-state index contributed by atoms with van der Waals surface area (Å²) in [7, 11) is 0. The molecule has 4 heteroatoms. The molecule has 1 aromatic rings. The summed E-state index contributed by atoms with van der Waals surface area (Å²) >= 11 is 0. The number of aliphatic hydroxyl groups is 1. The first-order valence-electron chi connectivity index (χ1n) is 7.81. The van der Waals surface area contributed by atoms with Crippen molar-refractivity contribution in [1.82, 2.24) is 5.32 Å². The van der Waals surface area contributed by atoms with Gasteiger partial charge in [-0.1, -0.05) is 5.92 Å². The van der Waals surface area contributed by atoms with Crippen LogP contribution in [0.25, 0.3) is 0 Å². The zero-order chi connectivity index (χ0) is 15.5. The maximum Gasteiger partial charge on any atom is 0.251 e. The summed E-state index contributed by atoms with van der Waals surface area (Å²) in [4.78, 5) is 12.4. The van der Waals surface area contributed by atoms with Gasteiger partial charge in [-0.25, -0.2) is 0 Å². The molecule has 0 spiro atoms. The van der Waals surface area contributed by atoms with Crippen molar-refractivity contribution in [3.05, 3.63) is 29.8 Å². The standard InChI is InChI=1S/C18H21NO3/c1-2-9-22-15-7-5-12(6-8-15)18(21)19-17-14-4-3-13(10-14)16(17)11-20/h1,5-8,13-14,16-17,20H,3-4,9-11H2,(H,19,21). The van der Waals surface area contributed by atoms with E-state index in [0.717, 1.165) is 12.8 Å². The van der Waals surface area contributed by atoms with Crippen LogP contribution < -0.4 is 10.1 Å². The molecule has 4 atom stereocenters. The molecule has 2 aliphatic rings. The molecule has 0 radical (unpaired) electrons. The molecule has 1 aromatic carbocycles. The van der Waals surface area contributed by atoms with Crippen LogP contribution in [0.2, 0.25) is 0 Å². The Labute approximate surface area is 130 Å². The molecule has 116 valence electrons. The van der Waals surface area contributed by atoms with Crippen LogP contribution in [-0.2, 0) is 0 Å². The molecule has 2 saturated carbocycles. The Hall–Kier alpha value is -1.99. The summed E-state index contributed by atoms with van der Waals surface area (Å²) in [6.07, 6.45) is 8.62. The molecule has 22 heavy (non-hydrogen) atoms. The van der Waals surface area contributed by atoms with E-state index in [-0.39, 0.29) is 31.1 Å². The highest BCUT2D eigenvalue weighted by Crippen LogP contribution is 2.48. The fraction of sp³-hybridized carbons (Fsp3) is 0.500. The average molecular weight is 299 g/mol. The van der Waals surface area contributed by atoms with Gasteiger partial charge in [0, 0.05) is 24.1 Å². The number of hydrogen-bond donors (Lipinski definition) is 2. The highest BCUT2D eigenvalue weighted by Gasteiger charge is 2.47. The summed E-state index contributed by atoms with van der Waals surface area (Å²) in [5, 5.41) is 12.7. The van der Waals surface area contributed by atoms with Gasteiger partial charge in [0.15, 0.2) is 0 Å². The van der Waals surface area contributed by atoms with Crippen molar-refractivity contribution in [2.45, 2.75) is 25.3 Å². The van der Waals surface area contributed by atoms with Gasteiger partial charge in [-0.2, -0.15) is 0 Å². The number of fused-ring (bicyclic) bond motifs is 2. The third-order valence-electron chi connectivity index (χ3n) is 5.04. The number of nitrogens with one attached hydrogen (secondary N) is 1. The molecule has 2 aliphatic carbocycles. The first kappa shape index (κ1) is 14.9. The second-order valence-corrected chi connectivity index (χ2v) is 6.20. The Morgan fingerprint density at radius 1 is 1.32 bits per heavy atom. The molecule has 4 nitrogen and oxygen atoms in total. The topological polar surface area (TPSA) is 58.6 Å². The SMILES string of the molecule is C#CCOc1ccc(C(=O)NC2C3CCC(C3)C2CO)cc1. The van der Waals surface area contributed by atoms with Crippen molar-refractivity contribution in [2.75, 3.05) is 13.2 Å². The number of ether oxygens (including phenoxy) is 1. The minimum atomic E-state index is -0.0838. The molecular formula is C18H21NO3. The number of rotatable bonds is 5. The smallest absolute Gasteiger partial charge is 0.251 e. The molecule has 2 N–H and O–H groups in total. The van der Waals surface area contributed by atoms with Crippen molar-refractivity contribution in [1.29, 1.82) is 0 Å². The minimum Gasteiger partial charge on any atom is -0.481 e. The number of aliphatic hydroxyl groups excluding tert-OH is 1. The normalized spacial score (nSPS) is 29.1. The van der Waals surface area contributed by atoms with Gasteiger partial charge in [0.25, 0.3) is 5.91 Å². The molecule has 0 heterocycles.